The molecular weight excluding hydrogens is 400 g/mol. The fraction of sp³-hybridized carbons (Fsp3) is 0.0667. The van der Waals surface area contributed by atoms with Gasteiger partial charge in [0.15, 0.2) is 6.61 Å². The molecule has 0 bridgehead atoms. The van der Waals surface area contributed by atoms with Crippen LogP contribution >= 0.6 is 31.9 Å². The summed E-state index contributed by atoms with van der Waals surface area (Å²) in [5.74, 6) is 0.303. The lowest BCUT2D eigenvalue weighted by atomic mass is 10.2. The van der Waals surface area contributed by atoms with Crippen LogP contribution in [0.25, 0.3) is 0 Å². The molecule has 108 valence electrons. The number of hydrogen-bond acceptors (Lipinski definition) is 3. The molecule has 1 amide bonds. The number of ether oxygens (including phenoxy) is 1. The Balaban J connectivity index is 1.80. The Labute approximate surface area is 139 Å². The lowest BCUT2D eigenvalue weighted by Gasteiger charge is -2.05. The molecule has 2 rings (SSSR count). The lowest BCUT2D eigenvalue weighted by molar-refractivity contribution is -0.123. The van der Waals surface area contributed by atoms with Gasteiger partial charge in [0, 0.05) is 8.95 Å². The first kappa shape index (κ1) is 15.7. The van der Waals surface area contributed by atoms with Crippen molar-refractivity contribution in [1.29, 1.82) is 0 Å². The number of rotatable bonds is 5. The van der Waals surface area contributed by atoms with Gasteiger partial charge in [-0.05, 0) is 35.9 Å². The molecule has 2 aromatic rings. The minimum Gasteiger partial charge on any atom is -0.484 e. The van der Waals surface area contributed by atoms with Crippen LogP contribution in [0.1, 0.15) is 5.56 Å². The molecule has 0 atom stereocenters. The molecule has 0 aliphatic heterocycles. The summed E-state index contributed by atoms with van der Waals surface area (Å²) in [6, 6.07) is 14.9. The predicted molar refractivity (Wildman–Crippen MR) is 89.5 cm³/mol. The Morgan fingerprint density at radius 2 is 1.86 bits per heavy atom. The van der Waals surface area contributed by atoms with Crippen molar-refractivity contribution >= 4 is 44.0 Å². The van der Waals surface area contributed by atoms with Crippen LogP contribution in [0.5, 0.6) is 5.75 Å². The number of nitrogens with zero attached hydrogens (tertiary/aromatic N) is 1. The zero-order valence-corrected chi connectivity index (χ0v) is 14.1. The van der Waals surface area contributed by atoms with E-state index in [0.717, 1.165) is 14.5 Å². The van der Waals surface area contributed by atoms with Gasteiger partial charge in [-0.25, -0.2) is 5.43 Å². The first-order valence-electron chi connectivity index (χ1n) is 6.09. The third-order valence-electron chi connectivity index (χ3n) is 2.42. The average Bonchev–Trinajstić information content (AvgIpc) is 2.45. The highest BCUT2D eigenvalue weighted by molar-refractivity contribution is 9.10. The van der Waals surface area contributed by atoms with Crippen molar-refractivity contribution in [2.24, 2.45) is 5.10 Å². The third kappa shape index (κ3) is 5.69. The topological polar surface area (TPSA) is 50.7 Å². The molecular formula is C15H12Br2N2O2. The van der Waals surface area contributed by atoms with E-state index in [9.17, 15) is 4.79 Å². The van der Waals surface area contributed by atoms with Crippen LogP contribution < -0.4 is 10.2 Å². The summed E-state index contributed by atoms with van der Waals surface area (Å²) in [4.78, 5) is 11.6. The molecule has 4 nitrogen and oxygen atoms in total. The van der Waals surface area contributed by atoms with Gasteiger partial charge >= 0.3 is 0 Å². The summed E-state index contributed by atoms with van der Waals surface area (Å²) in [5.41, 5.74) is 3.30. The molecule has 0 aromatic heterocycles. The summed E-state index contributed by atoms with van der Waals surface area (Å²) >= 11 is 6.70. The zero-order chi connectivity index (χ0) is 15.1. The van der Waals surface area contributed by atoms with Gasteiger partial charge in [-0.3, -0.25) is 4.79 Å². The molecule has 0 saturated carbocycles. The van der Waals surface area contributed by atoms with E-state index >= 15 is 0 Å². The van der Waals surface area contributed by atoms with Crippen LogP contribution in [-0.4, -0.2) is 18.7 Å². The second-order valence-electron chi connectivity index (χ2n) is 4.09. The van der Waals surface area contributed by atoms with Gasteiger partial charge in [-0.15, -0.1) is 0 Å². The highest BCUT2D eigenvalue weighted by Gasteiger charge is 2.01. The molecule has 0 aliphatic rings. The molecule has 0 saturated heterocycles. The van der Waals surface area contributed by atoms with E-state index < -0.39 is 0 Å². The van der Waals surface area contributed by atoms with Crippen molar-refractivity contribution in [1.82, 2.24) is 5.43 Å². The highest BCUT2D eigenvalue weighted by Crippen LogP contribution is 2.17. The quantitative estimate of drug-likeness (QED) is 0.601. The number of amides is 1. The Bertz CT molecular complexity index is 660. The first-order chi connectivity index (χ1) is 10.1. The van der Waals surface area contributed by atoms with Gasteiger partial charge in [-0.1, -0.05) is 50.1 Å². The molecule has 0 heterocycles. The van der Waals surface area contributed by atoms with Crippen molar-refractivity contribution in [3.05, 3.63) is 63.0 Å². The molecule has 1 N–H and O–H groups in total. The molecule has 0 radical (unpaired) electrons. The Kier molecular flexibility index (Phi) is 5.95. The van der Waals surface area contributed by atoms with Crippen molar-refractivity contribution in [3.8, 4) is 5.75 Å². The van der Waals surface area contributed by atoms with E-state index in [0.29, 0.717) is 5.75 Å². The van der Waals surface area contributed by atoms with E-state index in [-0.39, 0.29) is 12.5 Å². The van der Waals surface area contributed by atoms with E-state index in [1.54, 1.807) is 18.3 Å². The van der Waals surface area contributed by atoms with Crippen LogP contribution in [0.3, 0.4) is 0 Å². The maximum atomic E-state index is 11.6. The van der Waals surface area contributed by atoms with Crippen LogP contribution in [0, 0.1) is 0 Å². The van der Waals surface area contributed by atoms with E-state index in [1.165, 1.54) is 0 Å². The minimum atomic E-state index is -0.318. The van der Waals surface area contributed by atoms with E-state index in [2.05, 4.69) is 42.4 Å². The molecule has 0 unspecified atom stereocenters. The number of nitrogens with one attached hydrogen (secondary N) is 1. The molecule has 0 spiro atoms. The molecule has 0 fully saturated rings. The van der Waals surface area contributed by atoms with Crippen molar-refractivity contribution in [3.63, 3.8) is 0 Å². The van der Waals surface area contributed by atoms with Gasteiger partial charge in [-0.2, -0.15) is 5.10 Å². The number of hydrazone groups is 1. The largest absolute Gasteiger partial charge is 0.484 e. The number of halogens is 2. The van der Waals surface area contributed by atoms with Crippen LogP contribution in [-0.2, 0) is 4.79 Å². The van der Waals surface area contributed by atoms with Crippen molar-refractivity contribution in [2.45, 2.75) is 0 Å². The monoisotopic (exact) mass is 410 g/mol. The Hall–Kier alpha value is -1.66. The smallest absolute Gasteiger partial charge is 0.277 e. The third-order valence-corrected chi connectivity index (χ3v) is 3.40. The van der Waals surface area contributed by atoms with E-state index in [1.807, 2.05) is 36.4 Å². The summed E-state index contributed by atoms with van der Waals surface area (Å²) in [5, 5.41) is 3.88. The van der Waals surface area contributed by atoms with Gasteiger partial charge in [0.2, 0.25) is 0 Å². The van der Waals surface area contributed by atoms with Crippen LogP contribution in [0.4, 0.5) is 0 Å². The fourth-order valence-electron chi connectivity index (χ4n) is 1.50. The number of carbonyl (C=O) groups is 1. The number of benzene rings is 2. The van der Waals surface area contributed by atoms with Gasteiger partial charge in [0.05, 0.1) is 6.21 Å². The van der Waals surface area contributed by atoms with Gasteiger partial charge in [0.1, 0.15) is 5.75 Å². The normalized spacial score (nSPS) is 10.6. The Morgan fingerprint density at radius 3 is 2.57 bits per heavy atom. The van der Waals surface area contributed by atoms with Gasteiger partial charge < -0.3 is 4.74 Å². The predicted octanol–water partition coefficient (Wildman–Crippen LogP) is 3.74. The van der Waals surface area contributed by atoms with Crippen molar-refractivity contribution < 1.29 is 9.53 Å². The first-order valence-corrected chi connectivity index (χ1v) is 7.68. The SMILES string of the molecule is O=C(COc1cccc(Br)c1)N/N=C/c1cccc(Br)c1. The molecule has 6 heteroatoms. The van der Waals surface area contributed by atoms with Crippen molar-refractivity contribution in [2.75, 3.05) is 6.61 Å². The molecule has 2 aromatic carbocycles. The van der Waals surface area contributed by atoms with Crippen LogP contribution in [0.15, 0.2) is 62.6 Å². The minimum absolute atomic E-state index is 0.0910. The second-order valence-corrected chi connectivity index (χ2v) is 5.93. The van der Waals surface area contributed by atoms with Gasteiger partial charge in [0.25, 0.3) is 5.91 Å². The number of hydrogen-bond donors (Lipinski definition) is 1. The molecule has 21 heavy (non-hydrogen) atoms. The lowest BCUT2D eigenvalue weighted by Crippen LogP contribution is -2.24. The van der Waals surface area contributed by atoms with Crippen LogP contribution in [0.2, 0.25) is 0 Å². The van der Waals surface area contributed by atoms with E-state index in [4.69, 9.17) is 4.74 Å². The second kappa shape index (κ2) is 7.95. The standard InChI is InChI=1S/C15H12Br2N2O2/c16-12-4-1-3-11(7-12)9-18-19-15(20)10-21-14-6-2-5-13(17)8-14/h1-9H,10H2,(H,19,20)/b18-9+. The Morgan fingerprint density at radius 1 is 1.14 bits per heavy atom. The maximum absolute atomic E-state index is 11.6. The highest BCUT2D eigenvalue weighted by atomic mass is 79.9. The summed E-state index contributed by atoms with van der Waals surface area (Å²) in [7, 11) is 0. The summed E-state index contributed by atoms with van der Waals surface area (Å²) in [6.07, 6.45) is 1.57. The fourth-order valence-corrected chi connectivity index (χ4v) is 2.30. The summed E-state index contributed by atoms with van der Waals surface area (Å²) in [6.45, 7) is -0.0910. The summed E-state index contributed by atoms with van der Waals surface area (Å²) < 4.78 is 7.20. The average molecular weight is 412 g/mol. The zero-order valence-electron chi connectivity index (χ0n) is 10.9. The maximum Gasteiger partial charge on any atom is 0.277 e. The molecule has 0 aliphatic carbocycles. The number of carbonyl (C=O) groups excluding carboxylic acids is 1.